The van der Waals surface area contributed by atoms with Gasteiger partial charge in [0.05, 0.1) is 25.3 Å². The molecule has 0 aliphatic carbocycles. The number of nitrogens with zero attached hydrogens (tertiary/aromatic N) is 2. The summed E-state index contributed by atoms with van der Waals surface area (Å²) in [6.07, 6.45) is 0.0936. The first-order valence-corrected chi connectivity index (χ1v) is 9.39. The molecule has 0 bridgehead atoms. The van der Waals surface area contributed by atoms with Gasteiger partial charge in [0.2, 0.25) is 0 Å². The van der Waals surface area contributed by atoms with E-state index in [4.69, 9.17) is 14.2 Å². The van der Waals surface area contributed by atoms with Gasteiger partial charge in [0.15, 0.2) is 5.13 Å². The molecular weight excluding hydrogens is 356 g/mol. The zero-order valence-electron chi connectivity index (χ0n) is 15.9. The molecule has 0 saturated carbocycles. The number of pyridine rings is 1. The Kier molecular flexibility index (Phi) is 9.61. The molecule has 26 heavy (non-hydrogen) atoms. The van der Waals surface area contributed by atoms with Crippen LogP contribution in [0.4, 0.5) is 0 Å². The summed E-state index contributed by atoms with van der Waals surface area (Å²) in [5, 5.41) is 2.27. The summed E-state index contributed by atoms with van der Waals surface area (Å²) in [6.45, 7) is 8.71. The molecule has 0 fully saturated rings. The highest BCUT2D eigenvalue weighted by atomic mass is 32.1. The Morgan fingerprint density at radius 3 is 2.62 bits per heavy atom. The van der Waals surface area contributed by atoms with Crippen molar-refractivity contribution in [1.29, 1.82) is 0 Å². The number of thiazole rings is 1. The minimum absolute atomic E-state index is 0.0936. The zero-order valence-corrected chi connectivity index (χ0v) is 16.7. The van der Waals surface area contributed by atoms with Gasteiger partial charge in [0.25, 0.3) is 5.56 Å². The predicted molar refractivity (Wildman–Crippen MR) is 102 cm³/mol. The first kappa shape index (κ1) is 21.9. The van der Waals surface area contributed by atoms with Crippen LogP contribution in [0.5, 0.6) is 5.75 Å². The Morgan fingerprint density at radius 1 is 1.27 bits per heavy atom. The lowest BCUT2D eigenvalue weighted by Crippen LogP contribution is -2.20. The predicted octanol–water partition coefficient (Wildman–Crippen LogP) is 2.76. The number of esters is 1. The molecule has 2 rings (SSSR count). The number of carbonyl (C=O) groups is 1. The fourth-order valence-electron chi connectivity index (χ4n) is 2.08. The number of aryl methyl sites for hydroxylation is 1. The third-order valence-electron chi connectivity index (χ3n) is 3.11. The van der Waals surface area contributed by atoms with Crippen molar-refractivity contribution in [3.05, 3.63) is 39.3 Å². The van der Waals surface area contributed by atoms with Crippen LogP contribution in [0.2, 0.25) is 0 Å². The maximum Gasteiger partial charge on any atom is 0.311 e. The molecule has 0 amide bonds. The minimum atomic E-state index is -0.333. The van der Waals surface area contributed by atoms with Crippen molar-refractivity contribution in [3.63, 3.8) is 0 Å². The van der Waals surface area contributed by atoms with Crippen molar-refractivity contribution >= 4 is 17.3 Å². The summed E-state index contributed by atoms with van der Waals surface area (Å²) in [5.41, 5.74) is 1.05. The number of ether oxygens (including phenoxy) is 3. The van der Waals surface area contributed by atoms with Crippen LogP contribution in [-0.4, -0.2) is 42.5 Å². The lowest BCUT2D eigenvalue weighted by molar-refractivity contribution is -0.142. The van der Waals surface area contributed by atoms with Gasteiger partial charge < -0.3 is 14.2 Å². The molecule has 0 N–H and O–H groups in total. The van der Waals surface area contributed by atoms with Crippen LogP contribution >= 0.6 is 11.3 Å². The number of carbonyl (C=O) groups excluding carboxylic acids is 1. The lowest BCUT2D eigenvalue weighted by Gasteiger charge is -2.10. The van der Waals surface area contributed by atoms with E-state index in [1.807, 2.05) is 13.8 Å². The average Bonchev–Trinajstić information content (AvgIpc) is 3.04. The molecule has 0 aliphatic rings. The van der Waals surface area contributed by atoms with E-state index in [9.17, 15) is 9.59 Å². The Bertz CT molecular complexity index is 754. The molecule has 0 unspecified atom stereocenters. The highest BCUT2D eigenvalue weighted by Crippen LogP contribution is 2.18. The van der Waals surface area contributed by atoms with Crippen LogP contribution in [0.3, 0.4) is 0 Å². The summed E-state index contributed by atoms with van der Waals surface area (Å²) in [7, 11) is 1.59. The second kappa shape index (κ2) is 11.4. The Labute approximate surface area is 157 Å². The highest BCUT2D eigenvalue weighted by molar-refractivity contribution is 7.12. The fourth-order valence-corrected chi connectivity index (χ4v) is 2.97. The lowest BCUT2D eigenvalue weighted by atomic mass is 10.3. The molecule has 8 heteroatoms. The second-order valence-electron chi connectivity index (χ2n) is 4.95. The van der Waals surface area contributed by atoms with E-state index in [-0.39, 0.29) is 17.9 Å². The summed E-state index contributed by atoms with van der Waals surface area (Å²) in [4.78, 5) is 28.2. The summed E-state index contributed by atoms with van der Waals surface area (Å²) in [6, 6.07) is 3.18. The van der Waals surface area contributed by atoms with E-state index in [1.54, 1.807) is 32.4 Å². The topological polar surface area (TPSA) is 79.6 Å². The third kappa shape index (κ3) is 6.27. The largest absolute Gasteiger partial charge is 0.491 e. The maximum absolute atomic E-state index is 12.4. The van der Waals surface area contributed by atoms with Gasteiger partial charge in [0, 0.05) is 30.3 Å². The van der Waals surface area contributed by atoms with Crippen LogP contribution < -0.4 is 10.3 Å². The minimum Gasteiger partial charge on any atom is -0.491 e. The quantitative estimate of drug-likeness (QED) is 0.516. The molecule has 0 atom stereocenters. The van der Waals surface area contributed by atoms with Gasteiger partial charge in [-0.15, -0.1) is 11.3 Å². The monoisotopic (exact) mass is 382 g/mol. The van der Waals surface area contributed by atoms with Gasteiger partial charge in [-0.1, -0.05) is 13.8 Å². The van der Waals surface area contributed by atoms with Crippen molar-refractivity contribution in [1.82, 2.24) is 9.55 Å². The van der Waals surface area contributed by atoms with Crippen LogP contribution in [0.15, 0.2) is 22.3 Å². The molecule has 0 aliphatic heterocycles. The molecule has 2 heterocycles. The number of methoxy groups -OCH3 is 1. The molecular formula is C18H26N2O5S. The van der Waals surface area contributed by atoms with Crippen LogP contribution in [0.1, 0.15) is 32.2 Å². The number of aromatic nitrogens is 2. The van der Waals surface area contributed by atoms with Crippen molar-refractivity contribution in [2.75, 3.05) is 26.9 Å². The van der Waals surface area contributed by atoms with Gasteiger partial charge in [-0.05, 0) is 13.8 Å². The first-order chi connectivity index (χ1) is 12.5. The standard InChI is InChI=1S/C16H20N2O5S.C2H6/c1-4-22-15(20)8-12-10-24-16(17-12)18-11(2)7-13(9-14(18)19)23-6-5-21-3;1-2/h7,9-10H,4-6,8H2,1-3H3;1-2H3. The molecule has 2 aromatic rings. The van der Waals surface area contributed by atoms with E-state index < -0.39 is 0 Å². The van der Waals surface area contributed by atoms with Crippen LogP contribution in [0.25, 0.3) is 5.13 Å². The van der Waals surface area contributed by atoms with Crippen molar-refractivity contribution in [2.24, 2.45) is 0 Å². The molecule has 0 aromatic carbocycles. The van der Waals surface area contributed by atoms with Gasteiger partial charge in [-0.25, -0.2) is 4.98 Å². The Hall–Kier alpha value is -2.19. The first-order valence-electron chi connectivity index (χ1n) is 8.51. The Morgan fingerprint density at radius 2 is 2.00 bits per heavy atom. The van der Waals surface area contributed by atoms with E-state index in [0.29, 0.717) is 42.1 Å². The second-order valence-corrected chi connectivity index (χ2v) is 5.79. The average molecular weight is 382 g/mol. The molecule has 0 saturated heterocycles. The Balaban J connectivity index is 0.00000163. The number of hydrogen-bond acceptors (Lipinski definition) is 7. The summed E-state index contributed by atoms with van der Waals surface area (Å²) in [5.74, 6) is 0.161. The molecule has 0 radical (unpaired) electrons. The third-order valence-corrected chi connectivity index (χ3v) is 3.98. The SMILES string of the molecule is CC.CCOC(=O)Cc1csc(-n2c(C)cc(OCCOC)cc2=O)n1. The van der Waals surface area contributed by atoms with Crippen molar-refractivity contribution in [2.45, 2.75) is 34.1 Å². The normalized spacial score (nSPS) is 10.0. The van der Waals surface area contributed by atoms with Gasteiger partial charge >= 0.3 is 5.97 Å². The summed E-state index contributed by atoms with van der Waals surface area (Å²) >= 11 is 1.30. The van der Waals surface area contributed by atoms with Crippen molar-refractivity contribution in [3.8, 4) is 10.9 Å². The maximum atomic E-state index is 12.4. The molecule has 2 aromatic heterocycles. The van der Waals surface area contributed by atoms with Gasteiger partial charge in [0.1, 0.15) is 12.4 Å². The van der Waals surface area contributed by atoms with E-state index >= 15 is 0 Å². The van der Waals surface area contributed by atoms with Crippen LogP contribution in [0, 0.1) is 6.92 Å². The number of rotatable bonds is 8. The van der Waals surface area contributed by atoms with Gasteiger partial charge in [-0.3, -0.25) is 14.2 Å². The summed E-state index contributed by atoms with van der Waals surface area (Å²) < 4.78 is 16.8. The molecule has 0 spiro atoms. The van der Waals surface area contributed by atoms with E-state index in [1.165, 1.54) is 22.0 Å². The fraction of sp³-hybridized carbons (Fsp3) is 0.500. The molecule has 144 valence electrons. The smallest absolute Gasteiger partial charge is 0.311 e. The van der Waals surface area contributed by atoms with Crippen molar-refractivity contribution < 1.29 is 19.0 Å². The van der Waals surface area contributed by atoms with Crippen LogP contribution in [-0.2, 0) is 20.7 Å². The van der Waals surface area contributed by atoms with E-state index in [2.05, 4.69) is 4.98 Å². The number of hydrogen-bond donors (Lipinski definition) is 0. The molecule has 7 nitrogen and oxygen atoms in total. The highest BCUT2D eigenvalue weighted by Gasteiger charge is 2.13. The van der Waals surface area contributed by atoms with E-state index in [0.717, 1.165) is 0 Å². The van der Waals surface area contributed by atoms with Gasteiger partial charge in [-0.2, -0.15) is 0 Å². The zero-order chi connectivity index (χ0) is 19.5.